The molecule has 1 unspecified atom stereocenters. The maximum atomic E-state index is 13.2. The first-order valence-corrected chi connectivity index (χ1v) is 7.63. The fraction of sp³-hybridized carbons (Fsp3) is 0.400. The zero-order chi connectivity index (χ0) is 18.9. The molecule has 1 aromatic heterocycles. The number of halogens is 3. The van der Waals surface area contributed by atoms with Gasteiger partial charge in [0.15, 0.2) is 5.41 Å². The van der Waals surface area contributed by atoms with Gasteiger partial charge in [0.25, 0.3) is 0 Å². The van der Waals surface area contributed by atoms with Crippen molar-refractivity contribution in [3.05, 3.63) is 36.2 Å². The topological polar surface area (TPSA) is 101 Å². The van der Waals surface area contributed by atoms with Crippen molar-refractivity contribution >= 4 is 11.9 Å². The van der Waals surface area contributed by atoms with E-state index in [9.17, 15) is 22.8 Å². The highest BCUT2D eigenvalue weighted by Gasteiger charge is 2.64. The van der Waals surface area contributed by atoms with Crippen molar-refractivity contribution in [3.8, 4) is 5.69 Å². The minimum Gasteiger partial charge on any atom is -0.481 e. The number of aliphatic carboxylic acids is 1. The lowest BCUT2D eigenvalue weighted by molar-refractivity contribution is -0.227. The summed E-state index contributed by atoms with van der Waals surface area (Å²) in [5.74, 6) is -2.50. The van der Waals surface area contributed by atoms with Gasteiger partial charge >= 0.3 is 12.1 Å². The Bertz CT molecular complexity index is 807. The molecule has 3 rings (SSSR count). The molecule has 0 bridgehead atoms. The van der Waals surface area contributed by atoms with Gasteiger partial charge in [-0.25, -0.2) is 4.68 Å². The minimum atomic E-state index is -4.92. The van der Waals surface area contributed by atoms with Crippen LogP contribution in [0.25, 0.3) is 5.69 Å². The third-order valence-electron chi connectivity index (χ3n) is 4.48. The van der Waals surface area contributed by atoms with Crippen LogP contribution in [-0.4, -0.2) is 61.4 Å². The van der Waals surface area contributed by atoms with Gasteiger partial charge in [0, 0.05) is 13.1 Å². The van der Waals surface area contributed by atoms with Crippen LogP contribution in [0.5, 0.6) is 0 Å². The van der Waals surface area contributed by atoms with Gasteiger partial charge in [0.05, 0.1) is 12.1 Å². The van der Waals surface area contributed by atoms with Crippen molar-refractivity contribution < 1.29 is 27.9 Å². The van der Waals surface area contributed by atoms with Crippen LogP contribution in [0.2, 0.25) is 0 Å². The molecule has 0 spiro atoms. The number of rotatable bonds is 4. The van der Waals surface area contributed by atoms with Gasteiger partial charge in [0.2, 0.25) is 5.91 Å². The van der Waals surface area contributed by atoms with E-state index in [1.807, 2.05) is 0 Å². The first-order valence-electron chi connectivity index (χ1n) is 7.63. The Morgan fingerprint density at radius 2 is 1.92 bits per heavy atom. The fourth-order valence-corrected chi connectivity index (χ4v) is 2.88. The van der Waals surface area contributed by atoms with Crippen LogP contribution in [-0.2, 0) is 16.0 Å². The quantitative estimate of drug-likeness (QED) is 0.865. The highest BCUT2D eigenvalue weighted by atomic mass is 19.4. The second-order valence-corrected chi connectivity index (χ2v) is 6.05. The van der Waals surface area contributed by atoms with Gasteiger partial charge in [-0.2, -0.15) is 13.2 Å². The summed E-state index contributed by atoms with van der Waals surface area (Å²) >= 11 is 0. The number of carboxylic acid groups (broad SMARTS) is 1. The smallest absolute Gasteiger partial charge is 0.406 e. The van der Waals surface area contributed by atoms with Gasteiger partial charge in [0.1, 0.15) is 6.33 Å². The number of tetrazole rings is 1. The average molecular weight is 369 g/mol. The molecule has 1 amide bonds. The summed E-state index contributed by atoms with van der Waals surface area (Å²) in [6, 6.07) is 6.61. The molecule has 11 heteroatoms. The van der Waals surface area contributed by atoms with Crippen LogP contribution >= 0.6 is 0 Å². The lowest BCUT2D eigenvalue weighted by Crippen LogP contribution is -2.47. The molecule has 2 heterocycles. The fourth-order valence-electron chi connectivity index (χ4n) is 2.88. The maximum Gasteiger partial charge on any atom is 0.406 e. The number of carbonyl (C=O) groups excluding carboxylic acids is 1. The van der Waals surface area contributed by atoms with E-state index in [-0.39, 0.29) is 13.0 Å². The number of amides is 1. The van der Waals surface area contributed by atoms with Gasteiger partial charge < -0.3 is 10.0 Å². The molecule has 2 aromatic rings. The predicted molar refractivity (Wildman–Crippen MR) is 80.2 cm³/mol. The Kier molecular flexibility index (Phi) is 4.38. The van der Waals surface area contributed by atoms with Crippen LogP contribution in [0.4, 0.5) is 13.2 Å². The SMILES string of the molecule is O=C(Cc1ccc(-n2cnnn2)cc1)N1CCC(C(=O)O)(C(F)(F)F)C1. The molecule has 138 valence electrons. The Hall–Kier alpha value is -2.98. The van der Waals surface area contributed by atoms with Gasteiger partial charge in [-0.1, -0.05) is 12.1 Å². The van der Waals surface area contributed by atoms with Crippen LogP contribution < -0.4 is 0 Å². The summed E-state index contributed by atoms with van der Waals surface area (Å²) < 4.78 is 40.9. The molecule has 0 saturated carbocycles. The van der Waals surface area contributed by atoms with Crippen molar-refractivity contribution in [3.63, 3.8) is 0 Å². The van der Waals surface area contributed by atoms with E-state index >= 15 is 0 Å². The molecule has 8 nitrogen and oxygen atoms in total. The maximum absolute atomic E-state index is 13.2. The van der Waals surface area contributed by atoms with Crippen LogP contribution in [0.15, 0.2) is 30.6 Å². The zero-order valence-corrected chi connectivity index (χ0v) is 13.3. The van der Waals surface area contributed by atoms with E-state index in [1.165, 1.54) is 11.0 Å². The molecular formula is C15H14F3N5O3. The Balaban J connectivity index is 1.68. The Labute approximate surface area is 145 Å². The molecule has 1 aliphatic rings. The van der Waals surface area contributed by atoms with E-state index in [1.54, 1.807) is 24.3 Å². The molecule has 1 N–H and O–H groups in total. The molecule has 26 heavy (non-hydrogen) atoms. The average Bonchev–Trinajstić information content (AvgIpc) is 3.25. The number of nitrogens with zero attached hydrogens (tertiary/aromatic N) is 5. The number of carbonyl (C=O) groups is 2. The summed E-state index contributed by atoms with van der Waals surface area (Å²) in [5, 5.41) is 19.7. The normalized spacial score (nSPS) is 20.3. The molecule has 1 fully saturated rings. The monoisotopic (exact) mass is 369 g/mol. The van der Waals surface area contributed by atoms with E-state index < -0.39 is 36.4 Å². The number of benzene rings is 1. The summed E-state index contributed by atoms with van der Waals surface area (Å²) in [6.45, 7) is -1.11. The molecule has 1 aliphatic heterocycles. The third kappa shape index (κ3) is 3.11. The number of carboxylic acids is 1. The largest absolute Gasteiger partial charge is 0.481 e. The van der Waals surface area contributed by atoms with E-state index in [0.29, 0.717) is 11.3 Å². The summed E-state index contributed by atoms with van der Waals surface area (Å²) in [7, 11) is 0. The van der Waals surface area contributed by atoms with Crippen LogP contribution in [0, 0.1) is 5.41 Å². The lowest BCUT2D eigenvalue weighted by atomic mass is 9.86. The van der Waals surface area contributed by atoms with E-state index in [0.717, 1.165) is 4.90 Å². The number of hydrogen-bond donors (Lipinski definition) is 1. The number of hydrogen-bond acceptors (Lipinski definition) is 5. The van der Waals surface area contributed by atoms with Gasteiger partial charge in [-0.15, -0.1) is 5.10 Å². The highest BCUT2D eigenvalue weighted by Crippen LogP contribution is 2.45. The Morgan fingerprint density at radius 3 is 2.42 bits per heavy atom. The minimum absolute atomic E-state index is 0.122. The number of alkyl halides is 3. The van der Waals surface area contributed by atoms with Crippen molar-refractivity contribution in [1.29, 1.82) is 0 Å². The van der Waals surface area contributed by atoms with Crippen molar-refractivity contribution in [2.45, 2.75) is 19.0 Å². The molecule has 0 aliphatic carbocycles. The van der Waals surface area contributed by atoms with E-state index in [2.05, 4.69) is 15.5 Å². The first-order chi connectivity index (χ1) is 12.2. The summed E-state index contributed by atoms with van der Waals surface area (Å²) in [6.07, 6.45) is -4.28. The number of likely N-dealkylation sites (tertiary alicyclic amines) is 1. The second kappa shape index (κ2) is 6.39. The summed E-state index contributed by atoms with van der Waals surface area (Å²) in [5.41, 5.74) is -1.65. The Morgan fingerprint density at radius 1 is 1.23 bits per heavy atom. The second-order valence-electron chi connectivity index (χ2n) is 6.05. The van der Waals surface area contributed by atoms with Crippen LogP contribution in [0.3, 0.4) is 0 Å². The molecule has 1 saturated heterocycles. The highest BCUT2D eigenvalue weighted by molar-refractivity contribution is 5.82. The molecule has 1 aromatic carbocycles. The molecule has 0 radical (unpaired) electrons. The van der Waals surface area contributed by atoms with Gasteiger partial charge in [-0.05, 0) is 34.5 Å². The molecule has 1 atom stereocenters. The van der Waals surface area contributed by atoms with Crippen molar-refractivity contribution in [2.24, 2.45) is 5.41 Å². The standard InChI is InChI=1S/C15H14F3N5O3/c16-15(17,18)14(13(25)26)5-6-22(8-14)12(24)7-10-1-3-11(4-2-10)23-9-19-20-21-23/h1-4,9H,5-8H2,(H,25,26). The van der Waals surface area contributed by atoms with Crippen molar-refractivity contribution in [2.75, 3.05) is 13.1 Å². The van der Waals surface area contributed by atoms with Gasteiger partial charge in [-0.3, -0.25) is 9.59 Å². The lowest BCUT2D eigenvalue weighted by Gasteiger charge is -2.27. The predicted octanol–water partition coefficient (Wildman–Crippen LogP) is 1.07. The number of aromatic nitrogens is 4. The third-order valence-corrected chi connectivity index (χ3v) is 4.48. The summed E-state index contributed by atoms with van der Waals surface area (Å²) in [4.78, 5) is 24.4. The van der Waals surface area contributed by atoms with Crippen molar-refractivity contribution in [1.82, 2.24) is 25.1 Å². The van der Waals surface area contributed by atoms with E-state index in [4.69, 9.17) is 5.11 Å². The first kappa shape index (κ1) is 17.8. The zero-order valence-electron chi connectivity index (χ0n) is 13.3. The van der Waals surface area contributed by atoms with Crippen LogP contribution in [0.1, 0.15) is 12.0 Å². The molecular weight excluding hydrogens is 355 g/mol.